The first-order chi connectivity index (χ1) is 10.1. The van der Waals surface area contributed by atoms with Crippen molar-refractivity contribution in [1.82, 2.24) is 5.32 Å². The molecule has 0 bridgehead atoms. The van der Waals surface area contributed by atoms with E-state index in [1.54, 1.807) is 0 Å². The van der Waals surface area contributed by atoms with Gasteiger partial charge in [0.25, 0.3) is 0 Å². The van der Waals surface area contributed by atoms with Crippen molar-refractivity contribution in [1.29, 1.82) is 0 Å². The van der Waals surface area contributed by atoms with Gasteiger partial charge in [0.1, 0.15) is 6.04 Å². The van der Waals surface area contributed by atoms with Gasteiger partial charge >= 0.3 is 18.1 Å². The largest absolute Gasteiger partial charge is 0.481 e. The lowest BCUT2D eigenvalue weighted by Crippen LogP contribution is -2.49. The maximum atomic E-state index is 12.2. The van der Waals surface area contributed by atoms with Crippen LogP contribution in [0.5, 0.6) is 0 Å². The lowest BCUT2D eigenvalue weighted by atomic mass is 10.2. The topological polar surface area (TPSA) is 95.5 Å². The predicted octanol–water partition coefficient (Wildman–Crippen LogP) is 1.80. The molecule has 6 nitrogen and oxygen atoms in total. The Balaban J connectivity index is 2.82. The molecule has 2 amide bonds. The molecule has 0 fully saturated rings. The number of nitrogens with one attached hydrogen (secondary N) is 2. The SMILES string of the molecule is O=C(O)C[C@H](NC(=O)C(F)(F)F)C(=O)Nc1ccc(Cl)cc1. The van der Waals surface area contributed by atoms with E-state index in [2.05, 4.69) is 5.32 Å². The summed E-state index contributed by atoms with van der Waals surface area (Å²) in [7, 11) is 0. The molecule has 22 heavy (non-hydrogen) atoms. The molecule has 0 aromatic heterocycles. The molecule has 1 rings (SSSR count). The second-order valence-electron chi connectivity index (χ2n) is 4.12. The van der Waals surface area contributed by atoms with Gasteiger partial charge in [0, 0.05) is 10.7 Å². The second kappa shape index (κ2) is 7.12. The Labute approximate surface area is 127 Å². The molecule has 0 unspecified atom stereocenters. The Hall–Kier alpha value is -2.29. The molecule has 0 aliphatic carbocycles. The summed E-state index contributed by atoms with van der Waals surface area (Å²) >= 11 is 5.63. The van der Waals surface area contributed by atoms with Gasteiger partial charge in [-0.3, -0.25) is 14.4 Å². The van der Waals surface area contributed by atoms with Crippen molar-refractivity contribution >= 4 is 35.1 Å². The van der Waals surface area contributed by atoms with Crippen molar-refractivity contribution < 1.29 is 32.7 Å². The first-order valence-corrected chi connectivity index (χ1v) is 6.13. The molecular formula is C12H10ClF3N2O4. The van der Waals surface area contributed by atoms with Gasteiger partial charge in [-0.05, 0) is 24.3 Å². The van der Waals surface area contributed by atoms with Crippen LogP contribution in [0.2, 0.25) is 5.02 Å². The summed E-state index contributed by atoms with van der Waals surface area (Å²) in [5, 5.41) is 12.5. The van der Waals surface area contributed by atoms with Gasteiger partial charge in [-0.15, -0.1) is 0 Å². The summed E-state index contributed by atoms with van der Waals surface area (Å²) < 4.78 is 36.5. The van der Waals surface area contributed by atoms with E-state index in [0.717, 1.165) is 0 Å². The quantitative estimate of drug-likeness (QED) is 0.763. The Morgan fingerprint density at radius 3 is 2.18 bits per heavy atom. The second-order valence-corrected chi connectivity index (χ2v) is 4.55. The van der Waals surface area contributed by atoms with Crippen LogP contribution in [0.15, 0.2) is 24.3 Å². The number of alkyl halides is 3. The number of carbonyl (C=O) groups is 3. The zero-order valence-electron chi connectivity index (χ0n) is 10.8. The van der Waals surface area contributed by atoms with E-state index >= 15 is 0 Å². The molecule has 3 N–H and O–H groups in total. The number of carboxylic acid groups (broad SMARTS) is 1. The van der Waals surface area contributed by atoms with Crippen LogP contribution in [0.4, 0.5) is 18.9 Å². The smallest absolute Gasteiger partial charge is 0.471 e. The molecule has 0 saturated carbocycles. The third kappa shape index (κ3) is 5.60. The predicted molar refractivity (Wildman–Crippen MR) is 70.3 cm³/mol. The van der Waals surface area contributed by atoms with E-state index in [4.69, 9.17) is 16.7 Å². The minimum atomic E-state index is -5.22. The maximum Gasteiger partial charge on any atom is 0.471 e. The summed E-state index contributed by atoms with van der Waals surface area (Å²) in [5.74, 6) is -5.04. The van der Waals surface area contributed by atoms with E-state index in [1.807, 2.05) is 0 Å². The van der Waals surface area contributed by atoms with Crippen LogP contribution >= 0.6 is 11.6 Å². The Kier molecular flexibility index (Phi) is 5.75. The van der Waals surface area contributed by atoms with Crippen LogP contribution in [0, 0.1) is 0 Å². The lowest BCUT2D eigenvalue weighted by Gasteiger charge is -2.17. The summed E-state index contributed by atoms with van der Waals surface area (Å²) in [6, 6.07) is 3.69. The standard InChI is InChI=1S/C12H10ClF3N2O4/c13-6-1-3-7(4-2-6)17-10(21)8(5-9(19)20)18-11(22)12(14,15)16/h1-4,8H,5H2,(H,17,21)(H,18,22)(H,19,20)/t8-/m0/s1. The number of carbonyl (C=O) groups excluding carboxylic acids is 2. The molecule has 1 aromatic rings. The Morgan fingerprint density at radius 1 is 1.18 bits per heavy atom. The van der Waals surface area contributed by atoms with Crippen LogP contribution in [-0.4, -0.2) is 35.1 Å². The van der Waals surface area contributed by atoms with Gasteiger partial charge in [0.15, 0.2) is 0 Å². The first-order valence-electron chi connectivity index (χ1n) is 5.75. The van der Waals surface area contributed by atoms with Crippen molar-refractivity contribution in [2.75, 3.05) is 5.32 Å². The van der Waals surface area contributed by atoms with Crippen LogP contribution < -0.4 is 10.6 Å². The number of carboxylic acids is 1. The van der Waals surface area contributed by atoms with Crippen molar-refractivity contribution in [3.8, 4) is 0 Å². The zero-order valence-corrected chi connectivity index (χ0v) is 11.5. The fourth-order valence-corrected chi connectivity index (χ4v) is 1.51. The van der Waals surface area contributed by atoms with Crippen LogP contribution in [0.1, 0.15) is 6.42 Å². The minimum Gasteiger partial charge on any atom is -0.481 e. The first kappa shape index (κ1) is 17.8. The van der Waals surface area contributed by atoms with Crippen molar-refractivity contribution in [2.45, 2.75) is 18.6 Å². The fraction of sp³-hybridized carbons (Fsp3) is 0.250. The number of halogens is 4. The van der Waals surface area contributed by atoms with E-state index in [1.165, 1.54) is 29.6 Å². The third-order valence-corrected chi connectivity index (χ3v) is 2.62. The number of anilines is 1. The van der Waals surface area contributed by atoms with E-state index in [-0.39, 0.29) is 5.69 Å². The molecule has 1 atom stereocenters. The monoisotopic (exact) mass is 338 g/mol. The number of hydrogen-bond donors (Lipinski definition) is 3. The average molecular weight is 339 g/mol. The van der Waals surface area contributed by atoms with Crippen molar-refractivity contribution in [3.05, 3.63) is 29.3 Å². The molecule has 1 aromatic carbocycles. The number of aliphatic carboxylic acids is 1. The highest BCUT2D eigenvalue weighted by Gasteiger charge is 2.41. The highest BCUT2D eigenvalue weighted by atomic mass is 35.5. The van der Waals surface area contributed by atoms with Gasteiger partial charge in [-0.25, -0.2) is 0 Å². The van der Waals surface area contributed by atoms with Crippen LogP contribution in [-0.2, 0) is 14.4 Å². The molecule has 0 heterocycles. The van der Waals surface area contributed by atoms with E-state index in [0.29, 0.717) is 5.02 Å². The molecule has 0 aliphatic heterocycles. The van der Waals surface area contributed by atoms with Gasteiger partial charge in [0.05, 0.1) is 6.42 Å². The maximum absolute atomic E-state index is 12.2. The molecule has 10 heteroatoms. The van der Waals surface area contributed by atoms with Crippen molar-refractivity contribution in [3.63, 3.8) is 0 Å². The van der Waals surface area contributed by atoms with Crippen LogP contribution in [0.25, 0.3) is 0 Å². The van der Waals surface area contributed by atoms with Gasteiger partial charge in [0.2, 0.25) is 5.91 Å². The summed E-state index contributed by atoms with van der Waals surface area (Å²) in [5.41, 5.74) is 0.186. The van der Waals surface area contributed by atoms with E-state index in [9.17, 15) is 27.6 Å². The lowest BCUT2D eigenvalue weighted by molar-refractivity contribution is -0.174. The number of hydrogen-bond acceptors (Lipinski definition) is 3. The summed E-state index contributed by atoms with van der Waals surface area (Å²) in [4.78, 5) is 33.2. The highest BCUT2D eigenvalue weighted by Crippen LogP contribution is 2.16. The molecule has 120 valence electrons. The molecule has 0 saturated heterocycles. The Morgan fingerprint density at radius 2 is 1.73 bits per heavy atom. The third-order valence-electron chi connectivity index (χ3n) is 2.37. The summed E-state index contributed by atoms with van der Waals surface area (Å²) in [6.07, 6.45) is -6.22. The van der Waals surface area contributed by atoms with Gasteiger partial charge in [-0.1, -0.05) is 11.6 Å². The molecule has 0 aliphatic rings. The molecule has 0 spiro atoms. The highest BCUT2D eigenvalue weighted by molar-refractivity contribution is 6.30. The minimum absolute atomic E-state index is 0.186. The van der Waals surface area contributed by atoms with Crippen molar-refractivity contribution in [2.24, 2.45) is 0 Å². The number of benzene rings is 1. The normalized spacial score (nSPS) is 12.4. The van der Waals surface area contributed by atoms with Gasteiger partial charge in [-0.2, -0.15) is 13.2 Å². The average Bonchev–Trinajstić information content (AvgIpc) is 2.39. The number of amides is 2. The summed E-state index contributed by atoms with van der Waals surface area (Å²) in [6.45, 7) is 0. The van der Waals surface area contributed by atoms with Gasteiger partial charge < -0.3 is 15.7 Å². The fourth-order valence-electron chi connectivity index (χ4n) is 1.39. The van der Waals surface area contributed by atoms with Crippen LogP contribution in [0.3, 0.4) is 0 Å². The number of rotatable bonds is 5. The zero-order chi connectivity index (χ0) is 16.9. The molecule has 0 radical (unpaired) electrons. The van der Waals surface area contributed by atoms with E-state index < -0.39 is 36.4 Å². The Bertz CT molecular complexity index is 575. The molecular weight excluding hydrogens is 329 g/mol.